The minimum atomic E-state index is 0.386. The Morgan fingerprint density at radius 1 is 1.14 bits per heavy atom. The van der Waals surface area contributed by atoms with Crippen LogP contribution in [0.15, 0.2) is 0 Å². The summed E-state index contributed by atoms with van der Waals surface area (Å²) in [6.45, 7) is 12.1. The van der Waals surface area contributed by atoms with Gasteiger partial charge in [-0.3, -0.25) is 4.90 Å². The van der Waals surface area contributed by atoms with E-state index in [1.165, 1.54) is 0 Å². The van der Waals surface area contributed by atoms with Crippen LogP contribution in [0.3, 0.4) is 0 Å². The predicted molar refractivity (Wildman–Crippen MR) is 84.0 cm³/mol. The molecule has 0 unspecified atom stereocenters. The first kappa shape index (κ1) is 15.8. The molecule has 1 saturated heterocycles. The van der Waals surface area contributed by atoms with E-state index in [9.17, 15) is 0 Å². The highest BCUT2D eigenvalue weighted by molar-refractivity contribution is 5.38. The van der Waals surface area contributed by atoms with Gasteiger partial charge in [-0.2, -0.15) is 15.0 Å². The highest BCUT2D eigenvalue weighted by atomic mass is 16.5. The van der Waals surface area contributed by atoms with Gasteiger partial charge in [0, 0.05) is 39.8 Å². The Balaban J connectivity index is 2.03. The van der Waals surface area contributed by atoms with Crippen molar-refractivity contribution in [2.24, 2.45) is 5.92 Å². The first-order valence-electron chi connectivity index (χ1n) is 7.66. The van der Waals surface area contributed by atoms with Crippen LogP contribution in [0.4, 0.5) is 11.9 Å². The second kappa shape index (κ2) is 7.40. The van der Waals surface area contributed by atoms with Gasteiger partial charge >= 0.3 is 6.01 Å². The van der Waals surface area contributed by atoms with E-state index < -0.39 is 0 Å². The average Bonchev–Trinajstić information content (AvgIpc) is 2.47. The molecular formula is C14H26N6O. The quantitative estimate of drug-likeness (QED) is 0.842. The van der Waals surface area contributed by atoms with Gasteiger partial charge in [-0.15, -0.1) is 0 Å². The lowest BCUT2D eigenvalue weighted by molar-refractivity contribution is 0.230. The van der Waals surface area contributed by atoms with E-state index in [2.05, 4.69) is 43.9 Å². The van der Waals surface area contributed by atoms with E-state index in [1.54, 1.807) is 7.05 Å². The van der Waals surface area contributed by atoms with Crippen LogP contribution in [-0.4, -0.2) is 66.2 Å². The fraction of sp³-hybridized carbons (Fsp3) is 0.786. The number of hydrogen-bond donors (Lipinski definition) is 1. The standard InChI is InChI=1S/C14H26N6O/c1-5-21-14-17-12(15-4)16-13(18-14)20-8-6-19(7-9-20)10-11(2)3/h11H,5-10H2,1-4H3,(H,15,16,17,18). The van der Waals surface area contributed by atoms with Gasteiger partial charge in [-0.1, -0.05) is 13.8 Å². The molecule has 1 aromatic heterocycles. The normalized spacial score (nSPS) is 16.3. The minimum absolute atomic E-state index is 0.386. The molecule has 0 amide bonds. The topological polar surface area (TPSA) is 66.4 Å². The van der Waals surface area contributed by atoms with Crippen LogP contribution in [0.2, 0.25) is 0 Å². The van der Waals surface area contributed by atoms with E-state index in [0.29, 0.717) is 30.4 Å². The highest BCUT2D eigenvalue weighted by Crippen LogP contribution is 2.17. The van der Waals surface area contributed by atoms with Gasteiger partial charge in [0.25, 0.3) is 0 Å². The number of nitrogens with one attached hydrogen (secondary N) is 1. The van der Waals surface area contributed by atoms with E-state index in [1.807, 2.05) is 6.92 Å². The number of aromatic nitrogens is 3. The molecule has 0 atom stereocenters. The third kappa shape index (κ3) is 4.42. The molecule has 0 bridgehead atoms. The van der Waals surface area contributed by atoms with Crippen LogP contribution >= 0.6 is 0 Å². The fourth-order valence-corrected chi connectivity index (χ4v) is 2.44. The molecule has 118 valence electrons. The second-order valence-corrected chi connectivity index (χ2v) is 5.61. The summed E-state index contributed by atoms with van der Waals surface area (Å²) in [5.74, 6) is 1.95. The average molecular weight is 294 g/mol. The molecule has 2 heterocycles. The summed E-state index contributed by atoms with van der Waals surface area (Å²) >= 11 is 0. The van der Waals surface area contributed by atoms with Crippen molar-refractivity contribution in [2.75, 3.05) is 56.6 Å². The zero-order chi connectivity index (χ0) is 15.2. The zero-order valence-corrected chi connectivity index (χ0v) is 13.5. The van der Waals surface area contributed by atoms with Gasteiger partial charge in [0.2, 0.25) is 11.9 Å². The lowest BCUT2D eigenvalue weighted by Gasteiger charge is -2.35. The smallest absolute Gasteiger partial charge is 0.323 e. The monoisotopic (exact) mass is 294 g/mol. The van der Waals surface area contributed by atoms with Gasteiger partial charge in [0.1, 0.15) is 0 Å². The van der Waals surface area contributed by atoms with E-state index in [4.69, 9.17) is 4.74 Å². The molecule has 1 aliphatic rings. The summed E-state index contributed by atoms with van der Waals surface area (Å²) < 4.78 is 5.41. The zero-order valence-electron chi connectivity index (χ0n) is 13.5. The van der Waals surface area contributed by atoms with Crippen LogP contribution in [0.5, 0.6) is 6.01 Å². The van der Waals surface area contributed by atoms with Crippen molar-refractivity contribution in [3.8, 4) is 6.01 Å². The molecular weight excluding hydrogens is 268 g/mol. The number of nitrogens with zero attached hydrogens (tertiary/aromatic N) is 5. The number of hydrogen-bond acceptors (Lipinski definition) is 7. The summed E-state index contributed by atoms with van der Waals surface area (Å²) in [7, 11) is 1.80. The maximum Gasteiger partial charge on any atom is 0.323 e. The predicted octanol–water partition coefficient (Wildman–Crippen LogP) is 1.09. The van der Waals surface area contributed by atoms with Gasteiger partial charge in [0.15, 0.2) is 0 Å². The van der Waals surface area contributed by atoms with Gasteiger partial charge in [0.05, 0.1) is 6.61 Å². The lowest BCUT2D eigenvalue weighted by Crippen LogP contribution is -2.48. The molecule has 0 radical (unpaired) electrons. The van der Waals surface area contributed by atoms with Crippen molar-refractivity contribution >= 4 is 11.9 Å². The van der Waals surface area contributed by atoms with Crippen LogP contribution in [-0.2, 0) is 0 Å². The minimum Gasteiger partial charge on any atom is -0.464 e. The fourth-order valence-electron chi connectivity index (χ4n) is 2.44. The van der Waals surface area contributed by atoms with E-state index in [0.717, 1.165) is 32.7 Å². The van der Waals surface area contributed by atoms with Crippen molar-refractivity contribution in [2.45, 2.75) is 20.8 Å². The second-order valence-electron chi connectivity index (χ2n) is 5.61. The molecule has 2 rings (SSSR count). The number of piperazine rings is 1. The molecule has 21 heavy (non-hydrogen) atoms. The van der Waals surface area contributed by atoms with E-state index in [-0.39, 0.29) is 0 Å². The molecule has 0 spiro atoms. The van der Waals surface area contributed by atoms with Crippen LogP contribution in [0.1, 0.15) is 20.8 Å². The van der Waals surface area contributed by atoms with Crippen LogP contribution in [0, 0.1) is 5.92 Å². The van der Waals surface area contributed by atoms with Gasteiger partial charge in [-0.25, -0.2) is 0 Å². The van der Waals surface area contributed by atoms with Crippen molar-refractivity contribution < 1.29 is 4.74 Å². The maximum atomic E-state index is 5.41. The van der Waals surface area contributed by atoms with Crippen molar-refractivity contribution in [3.05, 3.63) is 0 Å². The molecule has 0 saturated carbocycles. The Labute approximate surface area is 126 Å². The molecule has 0 aromatic carbocycles. The SMILES string of the molecule is CCOc1nc(NC)nc(N2CCN(CC(C)C)CC2)n1. The summed E-state index contributed by atoms with van der Waals surface area (Å²) in [6.07, 6.45) is 0. The first-order chi connectivity index (χ1) is 10.1. The van der Waals surface area contributed by atoms with E-state index >= 15 is 0 Å². The Morgan fingerprint density at radius 2 is 1.86 bits per heavy atom. The Hall–Kier alpha value is -1.63. The first-order valence-corrected chi connectivity index (χ1v) is 7.66. The number of anilines is 2. The van der Waals surface area contributed by atoms with Crippen LogP contribution < -0.4 is 15.0 Å². The molecule has 7 nitrogen and oxygen atoms in total. The summed E-state index contributed by atoms with van der Waals surface area (Å²) in [4.78, 5) is 17.7. The third-order valence-corrected chi connectivity index (χ3v) is 3.38. The van der Waals surface area contributed by atoms with Gasteiger partial charge < -0.3 is 15.0 Å². The Kier molecular flexibility index (Phi) is 5.55. The van der Waals surface area contributed by atoms with Crippen molar-refractivity contribution in [1.82, 2.24) is 19.9 Å². The Morgan fingerprint density at radius 3 is 2.43 bits per heavy atom. The number of ether oxygens (including phenoxy) is 1. The summed E-state index contributed by atoms with van der Waals surface area (Å²) in [5.41, 5.74) is 0. The molecule has 1 aliphatic heterocycles. The molecule has 1 fully saturated rings. The molecule has 0 aliphatic carbocycles. The Bertz CT molecular complexity index is 445. The molecule has 1 aromatic rings. The molecule has 1 N–H and O–H groups in total. The van der Waals surface area contributed by atoms with Gasteiger partial charge in [-0.05, 0) is 12.8 Å². The molecule has 7 heteroatoms. The third-order valence-electron chi connectivity index (χ3n) is 3.38. The number of rotatable bonds is 6. The van der Waals surface area contributed by atoms with Crippen molar-refractivity contribution in [3.63, 3.8) is 0 Å². The highest BCUT2D eigenvalue weighted by Gasteiger charge is 2.20. The maximum absolute atomic E-state index is 5.41. The van der Waals surface area contributed by atoms with Crippen LogP contribution in [0.25, 0.3) is 0 Å². The largest absolute Gasteiger partial charge is 0.464 e. The van der Waals surface area contributed by atoms with Crippen molar-refractivity contribution in [1.29, 1.82) is 0 Å². The summed E-state index contributed by atoms with van der Waals surface area (Å²) in [5, 5.41) is 2.96. The lowest BCUT2D eigenvalue weighted by atomic mass is 10.2. The summed E-state index contributed by atoms with van der Waals surface area (Å²) in [6, 6.07) is 0.386.